The minimum atomic E-state index is 0.240. The number of para-hydroxylation sites is 1. The molecule has 0 saturated carbocycles. The Morgan fingerprint density at radius 2 is 2.13 bits per heavy atom. The lowest BCUT2D eigenvalue weighted by atomic mass is 10.1. The quantitative estimate of drug-likeness (QED) is 0.687. The van der Waals surface area contributed by atoms with Crippen molar-refractivity contribution in [2.75, 3.05) is 11.4 Å². The largest absolute Gasteiger partial charge is 0.312 e. The monoisotopic (exact) mass is 203 g/mol. The van der Waals surface area contributed by atoms with Gasteiger partial charge in [0.05, 0.1) is 0 Å². The lowest BCUT2D eigenvalue weighted by molar-refractivity contribution is -0.118. The highest BCUT2D eigenvalue weighted by Gasteiger charge is 2.18. The predicted octanol–water partition coefficient (Wildman–Crippen LogP) is 2.77. The molecule has 1 heterocycles. The second kappa shape index (κ2) is 4.47. The molecule has 1 aromatic rings. The smallest absolute Gasteiger partial charge is 0.226 e. The number of hydrogen-bond acceptors (Lipinski definition) is 1. The van der Waals surface area contributed by atoms with Gasteiger partial charge in [-0.2, -0.15) is 0 Å². The van der Waals surface area contributed by atoms with Crippen LogP contribution in [-0.2, 0) is 11.2 Å². The fraction of sp³-hybridized carbons (Fsp3) is 0.462. The van der Waals surface area contributed by atoms with Crippen LogP contribution in [0.5, 0.6) is 0 Å². The van der Waals surface area contributed by atoms with E-state index in [1.54, 1.807) is 0 Å². The van der Waals surface area contributed by atoms with Crippen LogP contribution in [0.3, 0.4) is 0 Å². The van der Waals surface area contributed by atoms with Crippen molar-refractivity contribution in [1.82, 2.24) is 0 Å². The molecule has 0 aromatic heterocycles. The molecule has 0 bridgehead atoms. The second-order valence-electron chi connectivity index (χ2n) is 3.98. The number of amides is 1. The van der Waals surface area contributed by atoms with Gasteiger partial charge in [0, 0.05) is 18.7 Å². The van der Waals surface area contributed by atoms with Crippen LogP contribution < -0.4 is 4.90 Å². The van der Waals surface area contributed by atoms with Crippen LogP contribution in [0, 0.1) is 0 Å². The first kappa shape index (κ1) is 10.2. The van der Waals surface area contributed by atoms with E-state index in [1.807, 2.05) is 17.9 Å². The molecule has 1 aliphatic rings. The summed E-state index contributed by atoms with van der Waals surface area (Å²) in [4.78, 5) is 13.8. The number of carbonyl (C=O) groups excluding carboxylic acids is 1. The van der Waals surface area contributed by atoms with Gasteiger partial charge >= 0.3 is 0 Å². The normalized spacial score (nSPS) is 15.7. The van der Waals surface area contributed by atoms with Crippen LogP contribution in [-0.4, -0.2) is 12.5 Å². The third kappa shape index (κ3) is 2.04. The number of fused-ring (bicyclic) bond motifs is 1. The van der Waals surface area contributed by atoms with Gasteiger partial charge in [0.15, 0.2) is 0 Å². The molecule has 0 N–H and O–H groups in total. The highest BCUT2D eigenvalue weighted by Crippen LogP contribution is 2.26. The summed E-state index contributed by atoms with van der Waals surface area (Å²) in [6.07, 6.45) is 3.99. The molecule has 2 nitrogen and oxygen atoms in total. The molecule has 2 heteroatoms. The van der Waals surface area contributed by atoms with E-state index >= 15 is 0 Å². The maximum Gasteiger partial charge on any atom is 0.226 e. The highest BCUT2D eigenvalue weighted by atomic mass is 16.2. The number of benzene rings is 1. The van der Waals surface area contributed by atoms with E-state index in [4.69, 9.17) is 0 Å². The molecule has 1 amide bonds. The van der Waals surface area contributed by atoms with Crippen molar-refractivity contribution in [3.63, 3.8) is 0 Å². The first-order chi connectivity index (χ1) is 7.33. The minimum Gasteiger partial charge on any atom is -0.312 e. The van der Waals surface area contributed by atoms with Gasteiger partial charge in [-0.05, 0) is 30.9 Å². The molecule has 0 radical (unpaired) electrons. The van der Waals surface area contributed by atoms with Gasteiger partial charge in [-0.15, -0.1) is 0 Å². The zero-order chi connectivity index (χ0) is 10.7. The average molecular weight is 203 g/mol. The number of anilines is 1. The second-order valence-corrected chi connectivity index (χ2v) is 3.98. The van der Waals surface area contributed by atoms with Crippen LogP contribution in [0.1, 0.15) is 31.7 Å². The number of aryl methyl sites for hydroxylation is 1. The van der Waals surface area contributed by atoms with Crippen molar-refractivity contribution in [2.24, 2.45) is 0 Å². The van der Waals surface area contributed by atoms with E-state index in [0.717, 1.165) is 25.1 Å². The molecule has 1 aromatic carbocycles. The summed E-state index contributed by atoms with van der Waals surface area (Å²) in [5.41, 5.74) is 2.44. The summed E-state index contributed by atoms with van der Waals surface area (Å²) in [5.74, 6) is 0.240. The van der Waals surface area contributed by atoms with E-state index < -0.39 is 0 Å². The molecule has 2 rings (SSSR count). The van der Waals surface area contributed by atoms with E-state index in [2.05, 4.69) is 18.2 Å². The Kier molecular flexibility index (Phi) is 3.05. The Hall–Kier alpha value is -1.31. The Morgan fingerprint density at radius 1 is 1.33 bits per heavy atom. The van der Waals surface area contributed by atoms with Gasteiger partial charge in [0.2, 0.25) is 5.91 Å². The Morgan fingerprint density at radius 3 is 2.93 bits per heavy atom. The van der Waals surface area contributed by atoms with Crippen molar-refractivity contribution in [1.29, 1.82) is 0 Å². The van der Waals surface area contributed by atoms with E-state index in [1.165, 1.54) is 12.0 Å². The molecule has 15 heavy (non-hydrogen) atoms. The molecular weight excluding hydrogens is 186 g/mol. The molecule has 0 fully saturated rings. The number of hydrogen-bond donors (Lipinski definition) is 0. The number of carbonyl (C=O) groups is 1. The van der Waals surface area contributed by atoms with E-state index in [0.29, 0.717) is 6.42 Å². The zero-order valence-electron chi connectivity index (χ0n) is 9.20. The van der Waals surface area contributed by atoms with Crippen LogP contribution in [0.4, 0.5) is 5.69 Å². The number of nitrogens with zero attached hydrogens (tertiary/aromatic N) is 1. The van der Waals surface area contributed by atoms with E-state index in [-0.39, 0.29) is 5.91 Å². The molecule has 0 saturated heterocycles. The summed E-state index contributed by atoms with van der Waals surface area (Å²) in [6.45, 7) is 2.81. The summed E-state index contributed by atoms with van der Waals surface area (Å²) >= 11 is 0. The molecular formula is C13H17NO. The van der Waals surface area contributed by atoms with Crippen LogP contribution in [0.25, 0.3) is 0 Å². The standard InChI is InChI=1S/C13H17NO/c1-2-13(15)14-10-6-5-8-11-7-3-4-9-12(11)14/h3-4,7,9H,2,5-6,8,10H2,1H3. The van der Waals surface area contributed by atoms with Gasteiger partial charge in [0.1, 0.15) is 0 Å². The fourth-order valence-corrected chi connectivity index (χ4v) is 2.14. The van der Waals surface area contributed by atoms with Gasteiger partial charge < -0.3 is 4.90 Å². The topological polar surface area (TPSA) is 20.3 Å². The molecule has 80 valence electrons. The highest BCUT2D eigenvalue weighted by molar-refractivity contribution is 5.94. The molecule has 0 atom stereocenters. The van der Waals surface area contributed by atoms with Gasteiger partial charge in [-0.3, -0.25) is 4.79 Å². The summed E-state index contributed by atoms with van der Waals surface area (Å²) in [5, 5.41) is 0. The summed E-state index contributed by atoms with van der Waals surface area (Å²) < 4.78 is 0. The van der Waals surface area contributed by atoms with Crippen molar-refractivity contribution in [3.8, 4) is 0 Å². The van der Waals surface area contributed by atoms with Crippen molar-refractivity contribution >= 4 is 11.6 Å². The first-order valence-electron chi connectivity index (χ1n) is 5.71. The SMILES string of the molecule is CCC(=O)N1CCCCc2ccccc21. The Labute approximate surface area is 90.9 Å². The Balaban J connectivity index is 2.37. The van der Waals surface area contributed by atoms with Crippen LogP contribution in [0.2, 0.25) is 0 Å². The van der Waals surface area contributed by atoms with Crippen LogP contribution >= 0.6 is 0 Å². The van der Waals surface area contributed by atoms with Crippen LogP contribution in [0.15, 0.2) is 24.3 Å². The van der Waals surface area contributed by atoms with Gasteiger partial charge in [0.25, 0.3) is 0 Å². The van der Waals surface area contributed by atoms with Crippen molar-refractivity contribution < 1.29 is 4.79 Å². The lowest BCUT2D eigenvalue weighted by Gasteiger charge is -2.22. The molecule has 1 aliphatic heterocycles. The third-order valence-corrected chi connectivity index (χ3v) is 2.96. The Bertz CT molecular complexity index is 359. The summed E-state index contributed by atoms with van der Waals surface area (Å²) in [6, 6.07) is 8.27. The van der Waals surface area contributed by atoms with Crippen molar-refractivity contribution in [3.05, 3.63) is 29.8 Å². The average Bonchev–Trinajstić information content (AvgIpc) is 2.50. The number of rotatable bonds is 1. The lowest BCUT2D eigenvalue weighted by Crippen LogP contribution is -2.30. The maximum absolute atomic E-state index is 11.8. The molecule has 0 aliphatic carbocycles. The fourth-order valence-electron chi connectivity index (χ4n) is 2.14. The zero-order valence-corrected chi connectivity index (χ0v) is 9.20. The first-order valence-corrected chi connectivity index (χ1v) is 5.71. The predicted molar refractivity (Wildman–Crippen MR) is 62.0 cm³/mol. The maximum atomic E-state index is 11.8. The van der Waals surface area contributed by atoms with Gasteiger partial charge in [-0.25, -0.2) is 0 Å². The molecule has 0 spiro atoms. The van der Waals surface area contributed by atoms with Crippen molar-refractivity contribution in [2.45, 2.75) is 32.6 Å². The van der Waals surface area contributed by atoms with E-state index in [9.17, 15) is 4.79 Å². The molecule has 0 unspecified atom stereocenters. The minimum absolute atomic E-state index is 0.240. The third-order valence-electron chi connectivity index (χ3n) is 2.96. The van der Waals surface area contributed by atoms with Gasteiger partial charge in [-0.1, -0.05) is 25.1 Å². The summed E-state index contributed by atoms with van der Waals surface area (Å²) in [7, 11) is 0.